The van der Waals surface area contributed by atoms with Gasteiger partial charge < -0.3 is 10.4 Å². The minimum atomic E-state index is -0.915. The SMILES string of the molecule is Cc1cc2c(cc1C(=O)O)/C(=C/C(=O)C13CC4CC(CC(C4)C1)C3)NC(C)(C)C2. The van der Waals surface area contributed by atoms with E-state index in [9.17, 15) is 14.7 Å². The zero-order valence-corrected chi connectivity index (χ0v) is 17.7. The lowest BCUT2D eigenvalue weighted by molar-refractivity contribution is -0.138. The van der Waals surface area contributed by atoms with Crippen molar-refractivity contribution >= 4 is 17.4 Å². The van der Waals surface area contributed by atoms with E-state index >= 15 is 0 Å². The standard InChI is InChI=1S/C25H31NO3/c1-14-4-18-13-24(2,3)26-21(20(18)8-19(14)23(28)29)9-22(27)25-10-15-5-16(11-25)7-17(6-15)12-25/h4,8-9,15-17,26H,5-7,10-13H2,1-3H3,(H,28,29)/b21-9-. The van der Waals surface area contributed by atoms with E-state index in [2.05, 4.69) is 19.2 Å². The fraction of sp³-hybridized carbons (Fsp3) is 0.600. The normalized spacial score (nSPS) is 35.3. The average Bonchev–Trinajstić information content (AvgIpc) is 2.58. The molecule has 4 saturated carbocycles. The second-order valence-electron chi connectivity index (χ2n) is 10.9. The largest absolute Gasteiger partial charge is 0.478 e. The van der Waals surface area contributed by atoms with Crippen LogP contribution >= 0.6 is 0 Å². The summed E-state index contributed by atoms with van der Waals surface area (Å²) in [6.07, 6.45) is 9.74. The van der Waals surface area contributed by atoms with Gasteiger partial charge in [-0.1, -0.05) is 6.07 Å². The van der Waals surface area contributed by atoms with E-state index in [-0.39, 0.29) is 16.7 Å². The van der Waals surface area contributed by atoms with Crippen LogP contribution in [0.5, 0.6) is 0 Å². The Bertz CT molecular complexity index is 904. The molecule has 0 spiro atoms. The van der Waals surface area contributed by atoms with Gasteiger partial charge in [0.25, 0.3) is 0 Å². The maximum atomic E-state index is 13.6. The molecule has 29 heavy (non-hydrogen) atoms. The van der Waals surface area contributed by atoms with Crippen LogP contribution < -0.4 is 5.32 Å². The van der Waals surface area contributed by atoms with Crippen molar-refractivity contribution in [2.75, 3.05) is 0 Å². The second-order valence-corrected chi connectivity index (χ2v) is 10.9. The molecule has 6 rings (SSSR count). The molecule has 4 nitrogen and oxygen atoms in total. The average molecular weight is 394 g/mol. The quantitative estimate of drug-likeness (QED) is 0.728. The van der Waals surface area contributed by atoms with Gasteiger partial charge in [-0.25, -0.2) is 4.79 Å². The van der Waals surface area contributed by atoms with E-state index < -0.39 is 5.97 Å². The molecule has 5 aliphatic rings. The van der Waals surface area contributed by atoms with Crippen LogP contribution in [-0.4, -0.2) is 22.4 Å². The monoisotopic (exact) mass is 393 g/mol. The Morgan fingerprint density at radius 3 is 2.21 bits per heavy atom. The highest BCUT2D eigenvalue weighted by Gasteiger charge is 2.54. The number of carbonyl (C=O) groups is 2. The first-order valence-electron chi connectivity index (χ1n) is 11.1. The van der Waals surface area contributed by atoms with E-state index in [0.717, 1.165) is 65.8 Å². The molecule has 2 N–H and O–H groups in total. The predicted molar refractivity (Wildman–Crippen MR) is 113 cm³/mol. The maximum Gasteiger partial charge on any atom is 0.335 e. The summed E-state index contributed by atoms with van der Waals surface area (Å²) in [5.74, 6) is 1.54. The van der Waals surface area contributed by atoms with Crippen LogP contribution in [0.1, 0.15) is 79.4 Å². The number of aryl methyl sites for hydroxylation is 1. The van der Waals surface area contributed by atoms with Crippen molar-refractivity contribution in [1.82, 2.24) is 5.32 Å². The fourth-order valence-corrected chi connectivity index (χ4v) is 7.16. The topological polar surface area (TPSA) is 66.4 Å². The molecule has 1 aromatic rings. The Kier molecular flexibility index (Phi) is 4.04. The Morgan fingerprint density at radius 1 is 1.07 bits per heavy atom. The predicted octanol–water partition coefficient (Wildman–Crippen LogP) is 4.74. The number of hydrogen-bond acceptors (Lipinski definition) is 3. The number of carbonyl (C=O) groups excluding carboxylic acids is 1. The summed E-state index contributed by atoms with van der Waals surface area (Å²) in [4.78, 5) is 25.3. The number of benzene rings is 1. The van der Waals surface area contributed by atoms with Crippen LogP contribution in [0, 0.1) is 30.1 Å². The highest BCUT2D eigenvalue weighted by molar-refractivity contribution is 6.02. The summed E-state index contributed by atoms with van der Waals surface area (Å²) in [6, 6.07) is 3.75. The minimum Gasteiger partial charge on any atom is -0.478 e. The second kappa shape index (κ2) is 6.20. The molecule has 0 unspecified atom stereocenters. The van der Waals surface area contributed by atoms with E-state index in [1.54, 1.807) is 6.07 Å². The lowest BCUT2D eigenvalue weighted by Gasteiger charge is -2.55. The summed E-state index contributed by atoms with van der Waals surface area (Å²) in [5.41, 5.74) is 3.56. The van der Waals surface area contributed by atoms with Crippen molar-refractivity contribution in [2.24, 2.45) is 23.2 Å². The van der Waals surface area contributed by atoms with Gasteiger partial charge in [0.2, 0.25) is 0 Å². The van der Waals surface area contributed by atoms with Crippen molar-refractivity contribution in [3.05, 3.63) is 40.5 Å². The van der Waals surface area contributed by atoms with Crippen LogP contribution in [0.25, 0.3) is 5.70 Å². The summed E-state index contributed by atoms with van der Waals surface area (Å²) < 4.78 is 0. The van der Waals surface area contributed by atoms with Gasteiger partial charge in [-0.2, -0.15) is 0 Å². The third kappa shape index (κ3) is 3.12. The number of carboxylic acids is 1. The van der Waals surface area contributed by atoms with Crippen LogP contribution in [-0.2, 0) is 11.2 Å². The number of hydrogen-bond donors (Lipinski definition) is 2. The van der Waals surface area contributed by atoms with Crippen LogP contribution in [0.15, 0.2) is 18.2 Å². The molecule has 0 radical (unpaired) electrons. The zero-order valence-electron chi connectivity index (χ0n) is 17.7. The van der Waals surface area contributed by atoms with Crippen LogP contribution in [0.2, 0.25) is 0 Å². The number of aromatic carboxylic acids is 1. The summed E-state index contributed by atoms with van der Waals surface area (Å²) in [5, 5.41) is 13.1. The molecule has 1 aliphatic heterocycles. The van der Waals surface area contributed by atoms with Crippen LogP contribution in [0.4, 0.5) is 0 Å². The number of allylic oxidation sites excluding steroid dienone is 1. The van der Waals surface area contributed by atoms with Crippen molar-refractivity contribution in [3.8, 4) is 0 Å². The van der Waals surface area contributed by atoms with Crippen molar-refractivity contribution in [2.45, 2.75) is 71.3 Å². The maximum absolute atomic E-state index is 13.6. The van der Waals surface area contributed by atoms with Gasteiger partial charge in [-0.05, 0) is 101 Å². The highest BCUT2D eigenvalue weighted by atomic mass is 16.4. The van der Waals surface area contributed by atoms with Gasteiger partial charge in [0.05, 0.1) is 5.56 Å². The minimum absolute atomic E-state index is 0.169. The molecule has 1 heterocycles. The third-order valence-corrected chi connectivity index (χ3v) is 7.91. The first-order valence-corrected chi connectivity index (χ1v) is 11.1. The Labute approximate surface area is 172 Å². The first kappa shape index (κ1) is 18.9. The number of fused-ring (bicyclic) bond motifs is 1. The third-order valence-electron chi connectivity index (χ3n) is 7.91. The smallest absolute Gasteiger partial charge is 0.335 e. The first-order chi connectivity index (χ1) is 13.6. The Hall–Kier alpha value is -2.10. The van der Waals surface area contributed by atoms with E-state index in [1.807, 2.05) is 19.1 Å². The molecule has 0 amide bonds. The number of rotatable bonds is 3. The Balaban J connectivity index is 1.55. The molecular formula is C25H31NO3. The lowest BCUT2D eigenvalue weighted by atomic mass is 9.48. The Morgan fingerprint density at radius 2 is 1.66 bits per heavy atom. The molecule has 4 fully saturated rings. The molecular weight excluding hydrogens is 362 g/mol. The molecule has 1 aromatic carbocycles. The van der Waals surface area contributed by atoms with Gasteiger partial charge in [-0.15, -0.1) is 0 Å². The van der Waals surface area contributed by atoms with Gasteiger partial charge in [-0.3, -0.25) is 4.79 Å². The van der Waals surface area contributed by atoms with E-state index in [4.69, 9.17) is 0 Å². The molecule has 0 aromatic heterocycles. The van der Waals surface area contributed by atoms with Gasteiger partial charge in [0.1, 0.15) is 0 Å². The molecule has 4 bridgehead atoms. The van der Waals surface area contributed by atoms with E-state index in [0.29, 0.717) is 5.56 Å². The highest BCUT2D eigenvalue weighted by Crippen LogP contribution is 2.60. The fourth-order valence-electron chi connectivity index (χ4n) is 7.16. The van der Waals surface area contributed by atoms with Crippen molar-refractivity contribution < 1.29 is 14.7 Å². The summed E-state index contributed by atoms with van der Waals surface area (Å²) in [6.45, 7) is 6.13. The zero-order chi connectivity index (χ0) is 20.6. The summed E-state index contributed by atoms with van der Waals surface area (Å²) >= 11 is 0. The molecule has 0 atom stereocenters. The number of ketones is 1. The van der Waals surface area contributed by atoms with Gasteiger partial charge in [0, 0.05) is 28.3 Å². The molecule has 4 aliphatic carbocycles. The molecule has 0 saturated heterocycles. The van der Waals surface area contributed by atoms with E-state index in [1.165, 1.54) is 19.3 Å². The molecule has 154 valence electrons. The number of nitrogens with one attached hydrogen (secondary N) is 1. The van der Waals surface area contributed by atoms with Crippen molar-refractivity contribution in [3.63, 3.8) is 0 Å². The summed E-state index contributed by atoms with van der Waals surface area (Å²) in [7, 11) is 0. The van der Waals surface area contributed by atoms with Gasteiger partial charge in [0.15, 0.2) is 5.78 Å². The molecule has 4 heteroatoms. The number of carboxylic acid groups (broad SMARTS) is 1. The van der Waals surface area contributed by atoms with Crippen molar-refractivity contribution in [1.29, 1.82) is 0 Å². The van der Waals surface area contributed by atoms with Gasteiger partial charge >= 0.3 is 5.97 Å². The van der Waals surface area contributed by atoms with Crippen LogP contribution in [0.3, 0.4) is 0 Å². The lowest BCUT2D eigenvalue weighted by Crippen LogP contribution is -2.50.